The Balaban J connectivity index is 2.19. The van der Waals surface area contributed by atoms with Gasteiger partial charge in [-0.2, -0.15) is 0 Å². The van der Waals surface area contributed by atoms with E-state index >= 15 is 0 Å². The van der Waals surface area contributed by atoms with Gasteiger partial charge in [0.15, 0.2) is 0 Å². The highest BCUT2D eigenvalue weighted by Gasteiger charge is 2.26. The lowest BCUT2D eigenvalue weighted by molar-refractivity contribution is -0.131. The van der Waals surface area contributed by atoms with Crippen LogP contribution >= 0.6 is 0 Å². The summed E-state index contributed by atoms with van der Waals surface area (Å²) in [6.45, 7) is 1.91. The summed E-state index contributed by atoms with van der Waals surface area (Å²) in [5.74, 6) is -0.596. The molecule has 0 aliphatic heterocycles. The molecule has 7 nitrogen and oxygen atoms in total. The number of benzene rings is 2. The largest absolute Gasteiger partial charge is 0.491 e. The first-order valence-corrected chi connectivity index (χ1v) is 9.76. The van der Waals surface area contributed by atoms with Crippen LogP contribution < -0.4 is 10.1 Å². The van der Waals surface area contributed by atoms with Crippen molar-refractivity contribution in [3.05, 3.63) is 72.3 Å². The van der Waals surface area contributed by atoms with Crippen molar-refractivity contribution in [3.63, 3.8) is 0 Å². The van der Waals surface area contributed by atoms with Gasteiger partial charge < -0.3 is 19.7 Å². The summed E-state index contributed by atoms with van der Waals surface area (Å²) in [4.78, 5) is 23.2. The van der Waals surface area contributed by atoms with Crippen LogP contribution in [0.1, 0.15) is 31.4 Å². The molecule has 7 heteroatoms. The van der Waals surface area contributed by atoms with E-state index in [1.807, 2.05) is 37.3 Å². The number of para-hydroxylation sites is 2. The van der Waals surface area contributed by atoms with E-state index in [2.05, 4.69) is 5.32 Å². The summed E-state index contributed by atoms with van der Waals surface area (Å²) in [5.41, 5.74) is 1.30. The molecule has 2 rings (SSSR count). The Morgan fingerprint density at radius 2 is 1.80 bits per heavy atom. The number of carbonyl (C=O) groups excluding carboxylic acids is 1. The van der Waals surface area contributed by atoms with Crippen molar-refractivity contribution in [2.24, 2.45) is 5.92 Å². The molecule has 0 spiro atoms. The van der Waals surface area contributed by atoms with E-state index < -0.39 is 18.2 Å². The third kappa shape index (κ3) is 7.60. The second-order valence-electron chi connectivity index (χ2n) is 6.72. The first-order valence-electron chi connectivity index (χ1n) is 9.76. The van der Waals surface area contributed by atoms with E-state index in [9.17, 15) is 9.59 Å². The fourth-order valence-electron chi connectivity index (χ4n) is 2.97. The van der Waals surface area contributed by atoms with Crippen LogP contribution in [0.4, 0.5) is 10.5 Å². The minimum atomic E-state index is -1.000. The predicted molar refractivity (Wildman–Crippen MR) is 113 cm³/mol. The summed E-state index contributed by atoms with van der Waals surface area (Å²) >= 11 is 0. The van der Waals surface area contributed by atoms with Gasteiger partial charge in [0.25, 0.3) is 0 Å². The average Bonchev–Trinajstić information content (AvgIpc) is 2.74. The second kappa shape index (κ2) is 12.3. The highest BCUT2D eigenvalue weighted by atomic mass is 16.6. The molecule has 0 heterocycles. The van der Waals surface area contributed by atoms with Crippen LogP contribution in [-0.2, 0) is 9.53 Å². The fourth-order valence-corrected chi connectivity index (χ4v) is 2.97. The number of anilines is 1. The Morgan fingerprint density at radius 3 is 2.50 bits per heavy atom. The topological polar surface area (TPSA) is 105 Å². The zero-order chi connectivity index (χ0) is 21.8. The highest BCUT2D eigenvalue weighted by molar-refractivity contribution is 5.84. The molecule has 30 heavy (non-hydrogen) atoms. The molecule has 0 saturated heterocycles. The summed E-state index contributed by atoms with van der Waals surface area (Å²) < 4.78 is 11.4. The number of allylic oxidation sites excluding steroid dienone is 1. The van der Waals surface area contributed by atoms with Gasteiger partial charge in [-0.1, -0.05) is 49.4 Å². The van der Waals surface area contributed by atoms with Crippen molar-refractivity contribution >= 4 is 17.7 Å². The lowest BCUT2D eigenvalue weighted by Gasteiger charge is -2.26. The van der Waals surface area contributed by atoms with E-state index in [1.54, 1.807) is 30.3 Å². The number of hydrogen-bond acceptors (Lipinski definition) is 5. The maximum atomic E-state index is 12.5. The Hall–Kier alpha value is -3.32. The normalized spacial score (nSPS) is 12.9. The summed E-state index contributed by atoms with van der Waals surface area (Å²) in [5, 5.41) is 20.5. The summed E-state index contributed by atoms with van der Waals surface area (Å²) in [6, 6.07) is 16.2. The molecule has 0 bridgehead atoms. The van der Waals surface area contributed by atoms with E-state index in [-0.39, 0.29) is 19.1 Å². The van der Waals surface area contributed by atoms with Gasteiger partial charge in [-0.25, -0.2) is 9.59 Å². The first kappa shape index (κ1) is 23.0. The molecular weight excluding hydrogens is 386 g/mol. The zero-order valence-electron chi connectivity index (χ0n) is 16.9. The van der Waals surface area contributed by atoms with Gasteiger partial charge in [0.1, 0.15) is 18.5 Å². The number of amides is 1. The SMILES string of the molecule is C[C@H](CC/C=C/C(=O)O)[C@H](OC(=O)Nc1ccccc1)c1ccccc1OCCO. The molecule has 0 unspecified atom stereocenters. The molecule has 0 saturated carbocycles. The molecule has 2 aromatic carbocycles. The van der Waals surface area contributed by atoms with Crippen LogP contribution in [0.5, 0.6) is 5.75 Å². The number of hydrogen-bond donors (Lipinski definition) is 3. The van der Waals surface area contributed by atoms with Gasteiger partial charge in [-0.15, -0.1) is 0 Å². The van der Waals surface area contributed by atoms with Crippen molar-refractivity contribution in [1.82, 2.24) is 0 Å². The Morgan fingerprint density at radius 1 is 1.10 bits per heavy atom. The molecule has 0 aliphatic rings. The van der Waals surface area contributed by atoms with Crippen molar-refractivity contribution in [2.45, 2.75) is 25.9 Å². The van der Waals surface area contributed by atoms with Crippen molar-refractivity contribution in [1.29, 1.82) is 0 Å². The minimum Gasteiger partial charge on any atom is -0.491 e. The molecular formula is C23H27NO6. The van der Waals surface area contributed by atoms with Gasteiger partial charge in [-0.05, 0) is 37.0 Å². The van der Waals surface area contributed by atoms with Gasteiger partial charge in [0.2, 0.25) is 0 Å². The van der Waals surface area contributed by atoms with Crippen molar-refractivity contribution in [3.8, 4) is 5.75 Å². The number of nitrogens with one attached hydrogen (secondary N) is 1. The Bertz CT molecular complexity index is 837. The van der Waals surface area contributed by atoms with Gasteiger partial charge in [0.05, 0.1) is 6.61 Å². The number of carboxylic acids is 1. The number of aliphatic carboxylic acids is 1. The molecule has 0 aromatic heterocycles. The monoisotopic (exact) mass is 413 g/mol. The minimum absolute atomic E-state index is 0.121. The number of carboxylic acid groups (broad SMARTS) is 1. The van der Waals surface area contributed by atoms with E-state index in [4.69, 9.17) is 19.7 Å². The van der Waals surface area contributed by atoms with Crippen LogP contribution in [0.15, 0.2) is 66.7 Å². The third-order valence-electron chi connectivity index (χ3n) is 4.39. The standard InChI is InChI=1S/C23H27NO6/c1-17(9-5-8-14-21(26)27)22(19-12-6-7-13-20(19)29-16-15-25)30-23(28)24-18-10-3-2-4-11-18/h2-4,6-8,10-14,17,22,25H,5,9,15-16H2,1H3,(H,24,28)(H,26,27)/b14-8+/t17-,22+/m1/s1. The maximum Gasteiger partial charge on any atom is 0.412 e. The van der Waals surface area contributed by atoms with Gasteiger partial charge in [0, 0.05) is 17.3 Å². The lowest BCUT2D eigenvalue weighted by atomic mass is 9.92. The molecule has 1 amide bonds. The van der Waals surface area contributed by atoms with Crippen LogP contribution in [-0.4, -0.2) is 35.5 Å². The molecule has 2 atom stereocenters. The number of ether oxygens (including phenoxy) is 2. The lowest BCUT2D eigenvalue weighted by Crippen LogP contribution is -2.22. The number of carbonyl (C=O) groups is 2. The fraction of sp³-hybridized carbons (Fsp3) is 0.304. The smallest absolute Gasteiger partial charge is 0.412 e. The first-order chi connectivity index (χ1) is 14.5. The van der Waals surface area contributed by atoms with Crippen LogP contribution in [0.2, 0.25) is 0 Å². The van der Waals surface area contributed by atoms with E-state index in [0.717, 1.165) is 6.08 Å². The van der Waals surface area contributed by atoms with Crippen LogP contribution in [0.25, 0.3) is 0 Å². The Labute approximate surface area is 176 Å². The van der Waals surface area contributed by atoms with Crippen LogP contribution in [0.3, 0.4) is 0 Å². The molecule has 2 aromatic rings. The zero-order valence-corrected chi connectivity index (χ0v) is 16.9. The molecule has 0 aliphatic carbocycles. The summed E-state index contributed by atoms with van der Waals surface area (Å²) in [7, 11) is 0. The van der Waals surface area contributed by atoms with E-state index in [0.29, 0.717) is 29.8 Å². The molecule has 0 radical (unpaired) electrons. The van der Waals surface area contributed by atoms with Gasteiger partial charge >= 0.3 is 12.1 Å². The van der Waals surface area contributed by atoms with Crippen LogP contribution in [0, 0.1) is 5.92 Å². The molecule has 0 fully saturated rings. The quantitative estimate of drug-likeness (QED) is 0.472. The average molecular weight is 413 g/mol. The number of aliphatic hydroxyl groups excluding tert-OH is 1. The van der Waals surface area contributed by atoms with Crippen molar-refractivity contribution < 1.29 is 29.3 Å². The highest BCUT2D eigenvalue weighted by Crippen LogP contribution is 2.35. The molecule has 160 valence electrons. The Kier molecular flexibility index (Phi) is 9.40. The molecule has 3 N–H and O–H groups in total. The number of rotatable bonds is 11. The summed E-state index contributed by atoms with van der Waals surface area (Å²) in [6.07, 6.45) is 2.57. The van der Waals surface area contributed by atoms with Gasteiger partial charge in [-0.3, -0.25) is 5.32 Å². The second-order valence-corrected chi connectivity index (χ2v) is 6.72. The predicted octanol–water partition coefficient (Wildman–Crippen LogP) is 4.40. The van der Waals surface area contributed by atoms with Crippen molar-refractivity contribution in [2.75, 3.05) is 18.5 Å². The number of aliphatic hydroxyl groups is 1. The third-order valence-corrected chi connectivity index (χ3v) is 4.39. The van der Waals surface area contributed by atoms with E-state index in [1.165, 1.54) is 0 Å². The maximum absolute atomic E-state index is 12.5.